The summed E-state index contributed by atoms with van der Waals surface area (Å²) in [4.78, 5) is 14.0. The van der Waals surface area contributed by atoms with E-state index in [1.807, 2.05) is 6.92 Å². The molecule has 2 N–H and O–H groups in total. The van der Waals surface area contributed by atoms with Gasteiger partial charge >= 0.3 is 6.01 Å². The zero-order valence-electron chi connectivity index (χ0n) is 11.9. The van der Waals surface area contributed by atoms with E-state index in [-0.39, 0.29) is 0 Å². The molecule has 0 aliphatic rings. The number of nitrogens with zero attached hydrogens (tertiary/aromatic N) is 3. The summed E-state index contributed by atoms with van der Waals surface area (Å²) >= 11 is 1.72. The number of hydrogen-bond donors (Lipinski definition) is 2. The Labute approximate surface area is 122 Å². The maximum absolute atomic E-state index is 5.46. The first-order chi connectivity index (χ1) is 9.72. The first kappa shape index (κ1) is 14.5. The van der Waals surface area contributed by atoms with Crippen LogP contribution in [0, 0.1) is 6.92 Å². The van der Waals surface area contributed by atoms with Crippen molar-refractivity contribution in [3.8, 4) is 6.01 Å². The Morgan fingerprint density at radius 1 is 1.25 bits per heavy atom. The number of ether oxygens (including phenoxy) is 1. The van der Waals surface area contributed by atoms with Crippen LogP contribution in [0.1, 0.15) is 23.8 Å². The molecular formula is C13H19N5OS. The molecule has 20 heavy (non-hydrogen) atoms. The van der Waals surface area contributed by atoms with Crippen molar-refractivity contribution in [3.63, 3.8) is 0 Å². The Hall–Kier alpha value is -1.89. The van der Waals surface area contributed by atoms with Gasteiger partial charge in [-0.25, -0.2) is 0 Å². The molecule has 0 aliphatic heterocycles. The summed E-state index contributed by atoms with van der Waals surface area (Å²) in [7, 11) is 1.77. The summed E-state index contributed by atoms with van der Waals surface area (Å²) in [5, 5.41) is 8.19. The molecule has 108 valence electrons. The quantitative estimate of drug-likeness (QED) is 0.818. The van der Waals surface area contributed by atoms with Gasteiger partial charge in [0, 0.05) is 11.9 Å². The third-order valence-electron chi connectivity index (χ3n) is 2.65. The van der Waals surface area contributed by atoms with Crippen LogP contribution in [-0.4, -0.2) is 28.6 Å². The van der Waals surface area contributed by atoms with E-state index in [1.54, 1.807) is 18.4 Å². The molecule has 0 fully saturated rings. The fraction of sp³-hybridized carbons (Fsp3) is 0.462. The van der Waals surface area contributed by atoms with Crippen LogP contribution in [0.4, 0.5) is 11.9 Å². The van der Waals surface area contributed by atoms with E-state index in [9.17, 15) is 0 Å². The van der Waals surface area contributed by atoms with Gasteiger partial charge < -0.3 is 15.4 Å². The Balaban J connectivity index is 2.07. The lowest BCUT2D eigenvalue weighted by atomic mass is 10.3. The molecule has 0 saturated carbocycles. The maximum atomic E-state index is 5.46. The van der Waals surface area contributed by atoms with Crippen molar-refractivity contribution in [1.82, 2.24) is 15.0 Å². The molecule has 0 aliphatic carbocycles. The SMILES string of the molecule is CCCOc1nc(NC)nc(NCc2sccc2C)n1. The van der Waals surface area contributed by atoms with Crippen molar-refractivity contribution in [2.75, 3.05) is 24.3 Å². The lowest BCUT2D eigenvalue weighted by molar-refractivity contribution is 0.292. The molecule has 0 saturated heterocycles. The second-order valence-corrected chi connectivity index (χ2v) is 5.24. The van der Waals surface area contributed by atoms with Crippen LogP contribution in [-0.2, 0) is 6.54 Å². The second-order valence-electron chi connectivity index (χ2n) is 4.24. The monoisotopic (exact) mass is 293 g/mol. The van der Waals surface area contributed by atoms with Crippen LogP contribution in [0.15, 0.2) is 11.4 Å². The molecule has 2 aromatic heterocycles. The molecule has 0 radical (unpaired) electrons. The van der Waals surface area contributed by atoms with Gasteiger partial charge in [-0.3, -0.25) is 0 Å². The predicted molar refractivity (Wildman–Crippen MR) is 81.5 cm³/mol. The van der Waals surface area contributed by atoms with E-state index in [0.717, 1.165) is 6.42 Å². The second kappa shape index (κ2) is 7.04. The van der Waals surface area contributed by atoms with E-state index in [4.69, 9.17) is 4.74 Å². The van der Waals surface area contributed by atoms with Gasteiger partial charge in [0.1, 0.15) is 0 Å². The minimum absolute atomic E-state index is 0.344. The Bertz CT molecular complexity index is 557. The van der Waals surface area contributed by atoms with Gasteiger partial charge in [-0.1, -0.05) is 6.92 Å². The van der Waals surface area contributed by atoms with Crippen molar-refractivity contribution in [3.05, 3.63) is 21.9 Å². The molecule has 0 unspecified atom stereocenters. The van der Waals surface area contributed by atoms with Crippen molar-refractivity contribution in [1.29, 1.82) is 0 Å². The molecule has 0 bridgehead atoms. The summed E-state index contributed by atoms with van der Waals surface area (Å²) < 4.78 is 5.46. The lowest BCUT2D eigenvalue weighted by Crippen LogP contribution is -2.09. The molecule has 2 aromatic rings. The van der Waals surface area contributed by atoms with E-state index >= 15 is 0 Å². The summed E-state index contributed by atoms with van der Waals surface area (Å²) in [5.74, 6) is 1.01. The Morgan fingerprint density at radius 3 is 2.70 bits per heavy atom. The number of aryl methyl sites for hydroxylation is 1. The zero-order valence-corrected chi connectivity index (χ0v) is 12.8. The van der Waals surface area contributed by atoms with Crippen molar-refractivity contribution in [2.24, 2.45) is 0 Å². The normalized spacial score (nSPS) is 10.3. The van der Waals surface area contributed by atoms with E-state index < -0.39 is 0 Å². The summed E-state index contributed by atoms with van der Waals surface area (Å²) in [6.07, 6.45) is 0.914. The van der Waals surface area contributed by atoms with Gasteiger partial charge in [0.05, 0.1) is 13.2 Å². The maximum Gasteiger partial charge on any atom is 0.323 e. The number of anilines is 2. The number of rotatable bonds is 7. The highest BCUT2D eigenvalue weighted by Crippen LogP contribution is 2.17. The molecule has 0 spiro atoms. The van der Waals surface area contributed by atoms with Crippen LogP contribution in [0.25, 0.3) is 0 Å². The first-order valence-corrected chi connectivity index (χ1v) is 7.44. The predicted octanol–water partition coefficient (Wildman–Crippen LogP) is 2.68. The molecule has 2 heterocycles. The van der Waals surface area contributed by atoms with Gasteiger partial charge in [-0.05, 0) is 30.4 Å². The van der Waals surface area contributed by atoms with Crippen LogP contribution < -0.4 is 15.4 Å². The summed E-state index contributed by atoms with van der Waals surface area (Å²) in [5.41, 5.74) is 1.27. The van der Waals surface area contributed by atoms with Crippen LogP contribution in [0.5, 0.6) is 6.01 Å². The third-order valence-corrected chi connectivity index (χ3v) is 3.67. The van der Waals surface area contributed by atoms with Gasteiger partial charge in [0.2, 0.25) is 11.9 Å². The Kier molecular flexibility index (Phi) is 5.11. The highest BCUT2D eigenvalue weighted by Gasteiger charge is 2.07. The Morgan fingerprint density at radius 2 is 2.05 bits per heavy atom. The van der Waals surface area contributed by atoms with Gasteiger partial charge in [-0.15, -0.1) is 11.3 Å². The molecule has 0 amide bonds. The third kappa shape index (κ3) is 3.80. The molecular weight excluding hydrogens is 274 g/mol. The van der Waals surface area contributed by atoms with Crippen LogP contribution >= 0.6 is 11.3 Å². The standard InChI is InChI=1S/C13H19N5OS/c1-4-6-19-13-17-11(14-3)16-12(18-13)15-8-10-9(2)5-7-20-10/h5,7H,4,6,8H2,1-3H3,(H2,14,15,16,17,18). The zero-order chi connectivity index (χ0) is 14.4. The largest absolute Gasteiger partial charge is 0.463 e. The summed E-state index contributed by atoms with van der Waals surface area (Å²) in [6, 6.07) is 2.45. The minimum Gasteiger partial charge on any atom is -0.463 e. The highest BCUT2D eigenvalue weighted by molar-refractivity contribution is 7.10. The number of aromatic nitrogens is 3. The van der Waals surface area contributed by atoms with E-state index in [2.05, 4.69) is 44.0 Å². The molecule has 2 rings (SSSR count). The highest BCUT2D eigenvalue weighted by atomic mass is 32.1. The summed E-state index contributed by atoms with van der Waals surface area (Å²) in [6.45, 7) is 5.43. The van der Waals surface area contributed by atoms with Gasteiger partial charge in [0.15, 0.2) is 0 Å². The molecule has 0 aromatic carbocycles. The molecule has 6 nitrogen and oxygen atoms in total. The number of nitrogens with one attached hydrogen (secondary N) is 2. The van der Waals surface area contributed by atoms with Crippen molar-refractivity contribution < 1.29 is 4.74 Å². The average molecular weight is 293 g/mol. The first-order valence-electron chi connectivity index (χ1n) is 6.56. The lowest BCUT2D eigenvalue weighted by Gasteiger charge is -2.08. The molecule has 0 atom stereocenters. The topological polar surface area (TPSA) is 72.0 Å². The molecule has 7 heteroatoms. The van der Waals surface area contributed by atoms with E-state index in [1.165, 1.54) is 10.4 Å². The van der Waals surface area contributed by atoms with Crippen LogP contribution in [0.2, 0.25) is 0 Å². The van der Waals surface area contributed by atoms with Gasteiger partial charge in [-0.2, -0.15) is 15.0 Å². The average Bonchev–Trinajstić information content (AvgIpc) is 2.88. The number of hydrogen-bond acceptors (Lipinski definition) is 7. The fourth-order valence-corrected chi connectivity index (χ4v) is 2.40. The van der Waals surface area contributed by atoms with Crippen LogP contribution in [0.3, 0.4) is 0 Å². The fourth-order valence-electron chi connectivity index (χ4n) is 1.55. The number of thiophene rings is 1. The minimum atomic E-state index is 0.344. The van der Waals surface area contributed by atoms with Crippen molar-refractivity contribution in [2.45, 2.75) is 26.8 Å². The van der Waals surface area contributed by atoms with Gasteiger partial charge in [0.25, 0.3) is 0 Å². The smallest absolute Gasteiger partial charge is 0.323 e. The van der Waals surface area contributed by atoms with E-state index in [0.29, 0.717) is 31.1 Å². The van der Waals surface area contributed by atoms with Crippen molar-refractivity contribution >= 4 is 23.2 Å².